The number of phenolic OH excluding ortho intramolecular Hbond substituents is 1. The molecule has 0 aliphatic carbocycles. The van der Waals surface area contributed by atoms with Crippen LogP contribution in [0.4, 0.5) is 10.2 Å². The first-order chi connectivity index (χ1) is 17.0. The van der Waals surface area contributed by atoms with Gasteiger partial charge >= 0.3 is 0 Å². The quantitative estimate of drug-likeness (QED) is 0.386. The molecule has 0 aliphatic heterocycles. The van der Waals surface area contributed by atoms with Gasteiger partial charge < -0.3 is 15.2 Å². The Morgan fingerprint density at radius 1 is 1.00 bits per heavy atom. The van der Waals surface area contributed by atoms with Gasteiger partial charge in [-0.05, 0) is 49.4 Å². The fourth-order valence-corrected chi connectivity index (χ4v) is 4.55. The van der Waals surface area contributed by atoms with Crippen LogP contribution in [0, 0.1) is 5.82 Å². The molecule has 172 valence electrons. The summed E-state index contributed by atoms with van der Waals surface area (Å²) in [4.78, 5) is 13.2. The van der Waals surface area contributed by atoms with Gasteiger partial charge in [-0.1, -0.05) is 12.1 Å². The van der Waals surface area contributed by atoms with Gasteiger partial charge in [-0.15, -0.1) is 0 Å². The molecule has 8 nitrogen and oxygen atoms in total. The number of aromatic hydroxyl groups is 1. The molecule has 5 heterocycles. The van der Waals surface area contributed by atoms with E-state index in [4.69, 9.17) is 10.8 Å². The average Bonchev–Trinajstić information content (AvgIpc) is 3.44. The monoisotopic (exact) mass is 465 g/mol. The van der Waals surface area contributed by atoms with Crippen molar-refractivity contribution < 1.29 is 9.50 Å². The molecular formula is C26H20FN7O. The molecule has 0 fully saturated rings. The minimum atomic E-state index is -0.581. The van der Waals surface area contributed by atoms with Crippen molar-refractivity contribution in [2.24, 2.45) is 0 Å². The van der Waals surface area contributed by atoms with Crippen molar-refractivity contribution in [3.05, 3.63) is 90.8 Å². The van der Waals surface area contributed by atoms with Gasteiger partial charge in [-0.25, -0.2) is 19.0 Å². The summed E-state index contributed by atoms with van der Waals surface area (Å²) in [6.45, 7) is 2.01. The Labute approximate surface area is 199 Å². The molecule has 6 rings (SSSR count). The second-order valence-electron chi connectivity index (χ2n) is 8.28. The number of phenols is 1. The average molecular weight is 465 g/mol. The lowest BCUT2D eigenvalue weighted by Gasteiger charge is -2.15. The standard InChI is InChI=1S/C26H20FN7O/c1-15(20-13-18-6-3-5-9-33(18)24(20)21-7-2-4-8-29-21)34-26-22(25(28)30-14-31-26)23(32-34)16-10-17(27)12-19(35)11-16/h2-15,35H,1H3,(H2,28,30,31)/t15-/m0/s1. The molecule has 3 N–H and O–H groups in total. The highest BCUT2D eigenvalue weighted by molar-refractivity contribution is 5.98. The van der Waals surface area contributed by atoms with Crippen molar-refractivity contribution >= 4 is 22.4 Å². The van der Waals surface area contributed by atoms with E-state index in [-0.39, 0.29) is 17.6 Å². The zero-order valence-corrected chi connectivity index (χ0v) is 18.7. The van der Waals surface area contributed by atoms with Gasteiger partial charge in [0, 0.05) is 35.1 Å². The molecular weight excluding hydrogens is 445 g/mol. The van der Waals surface area contributed by atoms with E-state index < -0.39 is 5.82 Å². The molecule has 0 aliphatic rings. The van der Waals surface area contributed by atoms with E-state index in [0.717, 1.165) is 28.5 Å². The van der Waals surface area contributed by atoms with E-state index in [1.807, 2.05) is 49.5 Å². The predicted molar refractivity (Wildman–Crippen MR) is 131 cm³/mol. The van der Waals surface area contributed by atoms with E-state index in [2.05, 4.69) is 25.4 Å². The molecule has 35 heavy (non-hydrogen) atoms. The molecule has 5 aromatic heterocycles. The van der Waals surface area contributed by atoms with Crippen LogP contribution in [0.25, 0.3) is 39.2 Å². The number of nitrogen functional groups attached to an aromatic ring is 1. The zero-order chi connectivity index (χ0) is 24.1. The van der Waals surface area contributed by atoms with Crippen molar-refractivity contribution in [1.82, 2.24) is 29.1 Å². The van der Waals surface area contributed by atoms with E-state index >= 15 is 0 Å². The highest BCUT2D eigenvalue weighted by Crippen LogP contribution is 2.37. The minimum absolute atomic E-state index is 0.206. The second kappa shape index (κ2) is 7.91. The van der Waals surface area contributed by atoms with Gasteiger partial charge in [0.05, 0.1) is 22.8 Å². The number of fused-ring (bicyclic) bond motifs is 2. The highest BCUT2D eigenvalue weighted by atomic mass is 19.1. The van der Waals surface area contributed by atoms with Gasteiger partial charge in [-0.2, -0.15) is 5.10 Å². The number of pyridine rings is 2. The summed E-state index contributed by atoms with van der Waals surface area (Å²) in [5.41, 5.74) is 11.3. The summed E-state index contributed by atoms with van der Waals surface area (Å²) in [6.07, 6.45) is 5.14. The lowest BCUT2D eigenvalue weighted by Crippen LogP contribution is -2.10. The van der Waals surface area contributed by atoms with Crippen LogP contribution in [-0.2, 0) is 0 Å². The Morgan fingerprint density at radius 2 is 1.86 bits per heavy atom. The van der Waals surface area contributed by atoms with E-state index in [9.17, 15) is 9.50 Å². The first kappa shape index (κ1) is 20.8. The number of benzene rings is 1. The van der Waals surface area contributed by atoms with E-state index in [0.29, 0.717) is 22.3 Å². The third-order valence-corrected chi connectivity index (χ3v) is 6.11. The van der Waals surface area contributed by atoms with Gasteiger partial charge in [0.2, 0.25) is 0 Å². The number of rotatable bonds is 4. The van der Waals surface area contributed by atoms with Crippen LogP contribution in [0.5, 0.6) is 5.75 Å². The number of nitrogens with zero attached hydrogens (tertiary/aromatic N) is 6. The molecule has 0 radical (unpaired) electrons. The Morgan fingerprint density at radius 3 is 2.66 bits per heavy atom. The van der Waals surface area contributed by atoms with Crippen LogP contribution >= 0.6 is 0 Å². The Hall–Kier alpha value is -4.79. The summed E-state index contributed by atoms with van der Waals surface area (Å²) >= 11 is 0. The topological polar surface area (TPSA) is 107 Å². The number of hydrogen-bond acceptors (Lipinski definition) is 6. The summed E-state index contributed by atoms with van der Waals surface area (Å²) in [5, 5.41) is 15.3. The minimum Gasteiger partial charge on any atom is -0.508 e. The van der Waals surface area contributed by atoms with Gasteiger partial charge in [0.1, 0.15) is 29.4 Å². The van der Waals surface area contributed by atoms with Gasteiger partial charge in [0.15, 0.2) is 5.65 Å². The SMILES string of the molecule is C[C@@H](c1cc2ccccn2c1-c1ccccn1)n1nc(-c2cc(O)cc(F)c2)c2c(N)ncnc21. The van der Waals surface area contributed by atoms with Gasteiger partial charge in [-0.3, -0.25) is 4.98 Å². The fraction of sp³-hybridized carbons (Fsp3) is 0.0769. The van der Waals surface area contributed by atoms with Crippen LogP contribution in [0.2, 0.25) is 0 Å². The Balaban J connectivity index is 1.61. The first-order valence-electron chi connectivity index (χ1n) is 11.0. The summed E-state index contributed by atoms with van der Waals surface area (Å²) in [7, 11) is 0. The molecule has 0 bridgehead atoms. The molecule has 0 saturated heterocycles. The van der Waals surface area contributed by atoms with Crippen molar-refractivity contribution in [2.75, 3.05) is 5.73 Å². The Bertz CT molecular complexity index is 1690. The maximum atomic E-state index is 14.1. The molecule has 1 aromatic carbocycles. The second-order valence-corrected chi connectivity index (χ2v) is 8.28. The zero-order valence-electron chi connectivity index (χ0n) is 18.7. The van der Waals surface area contributed by atoms with Crippen molar-refractivity contribution in [1.29, 1.82) is 0 Å². The van der Waals surface area contributed by atoms with Crippen molar-refractivity contribution in [2.45, 2.75) is 13.0 Å². The van der Waals surface area contributed by atoms with Crippen molar-refractivity contribution in [3.8, 4) is 28.4 Å². The summed E-state index contributed by atoms with van der Waals surface area (Å²) in [6, 6.07) is 17.4. The van der Waals surface area contributed by atoms with Crippen LogP contribution in [0.15, 0.2) is 79.4 Å². The maximum absolute atomic E-state index is 14.1. The maximum Gasteiger partial charge on any atom is 0.164 e. The summed E-state index contributed by atoms with van der Waals surface area (Å²) < 4.78 is 18.0. The Kier molecular flexibility index (Phi) is 4.70. The smallest absolute Gasteiger partial charge is 0.164 e. The number of hydrogen-bond donors (Lipinski definition) is 2. The van der Waals surface area contributed by atoms with E-state index in [1.54, 1.807) is 10.9 Å². The number of aromatic nitrogens is 6. The van der Waals surface area contributed by atoms with E-state index in [1.165, 1.54) is 18.5 Å². The molecule has 9 heteroatoms. The van der Waals surface area contributed by atoms with Crippen LogP contribution < -0.4 is 5.73 Å². The largest absolute Gasteiger partial charge is 0.508 e. The predicted octanol–water partition coefficient (Wildman–Crippen LogP) is 4.84. The molecule has 0 saturated carbocycles. The molecule has 0 amide bonds. The molecule has 1 atom stereocenters. The van der Waals surface area contributed by atoms with Crippen LogP contribution in [0.3, 0.4) is 0 Å². The lowest BCUT2D eigenvalue weighted by molar-refractivity contribution is 0.469. The molecule has 0 unspecified atom stereocenters. The van der Waals surface area contributed by atoms with Crippen LogP contribution in [-0.4, -0.2) is 34.2 Å². The number of halogens is 1. The first-order valence-corrected chi connectivity index (χ1v) is 11.0. The van der Waals surface area contributed by atoms with Crippen molar-refractivity contribution in [3.63, 3.8) is 0 Å². The fourth-order valence-electron chi connectivity index (χ4n) is 4.55. The molecule has 0 spiro atoms. The molecule has 6 aromatic rings. The summed E-state index contributed by atoms with van der Waals surface area (Å²) in [5.74, 6) is -0.566. The normalized spacial score (nSPS) is 12.4. The number of nitrogens with two attached hydrogens (primary N) is 1. The lowest BCUT2D eigenvalue weighted by atomic mass is 10.1. The van der Waals surface area contributed by atoms with Gasteiger partial charge in [0.25, 0.3) is 0 Å². The third-order valence-electron chi connectivity index (χ3n) is 6.11. The third kappa shape index (κ3) is 3.36. The van der Waals surface area contributed by atoms with Crippen LogP contribution in [0.1, 0.15) is 18.5 Å². The number of anilines is 1. The highest BCUT2D eigenvalue weighted by Gasteiger charge is 2.25.